The van der Waals surface area contributed by atoms with Crippen molar-refractivity contribution in [2.24, 2.45) is 5.92 Å². The fraction of sp³-hybridized carbons (Fsp3) is 0.647. The summed E-state index contributed by atoms with van der Waals surface area (Å²) in [6.45, 7) is 3.48. The van der Waals surface area contributed by atoms with Crippen LogP contribution in [0.2, 0.25) is 0 Å². The molecule has 1 aliphatic heterocycles. The Labute approximate surface area is 144 Å². The SMILES string of the molecule is Oc1c([C@@H](C2CCCCC2)N2CCNCC2)cc(Br)c(F)c1F. The first kappa shape index (κ1) is 17.1. The highest BCUT2D eigenvalue weighted by molar-refractivity contribution is 9.10. The Hall–Kier alpha value is -0.720. The number of phenolic OH excluding ortho intramolecular Hbond substituents is 1. The van der Waals surface area contributed by atoms with Crippen molar-refractivity contribution in [3.8, 4) is 5.75 Å². The van der Waals surface area contributed by atoms with Gasteiger partial charge in [-0.05, 0) is 40.8 Å². The molecule has 2 N–H and O–H groups in total. The summed E-state index contributed by atoms with van der Waals surface area (Å²) in [5, 5.41) is 13.6. The largest absolute Gasteiger partial charge is 0.505 e. The summed E-state index contributed by atoms with van der Waals surface area (Å²) in [6.07, 6.45) is 5.71. The minimum atomic E-state index is -1.15. The Morgan fingerprint density at radius 3 is 2.43 bits per heavy atom. The van der Waals surface area contributed by atoms with Gasteiger partial charge in [-0.2, -0.15) is 4.39 Å². The topological polar surface area (TPSA) is 35.5 Å². The van der Waals surface area contributed by atoms with Crippen molar-refractivity contribution in [1.29, 1.82) is 0 Å². The predicted octanol–water partition coefficient (Wildman–Crippen LogP) is 3.96. The molecule has 6 heteroatoms. The second-order valence-electron chi connectivity index (χ2n) is 6.55. The van der Waals surface area contributed by atoms with Crippen molar-refractivity contribution in [1.82, 2.24) is 10.2 Å². The average molecular weight is 389 g/mol. The van der Waals surface area contributed by atoms with Crippen LogP contribution in [-0.4, -0.2) is 36.2 Å². The smallest absolute Gasteiger partial charge is 0.201 e. The van der Waals surface area contributed by atoms with Gasteiger partial charge in [0.1, 0.15) is 0 Å². The lowest BCUT2D eigenvalue weighted by atomic mass is 9.80. The number of benzene rings is 1. The van der Waals surface area contributed by atoms with E-state index in [0.717, 1.165) is 39.0 Å². The van der Waals surface area contributed by atoms with E-state index in [0.29, 0.717) is 11.5 Å². The highest BCUT2D eigenvalue weighted by Gasteiger charge is 2.34. The number of hydrogen-bond acceptors (Lipinski definition) is 3. The van der Waals surface area contributed by atoms with Gasteiger partial charge in [-0.15, -0.1) is 0 Å². The number of piperazine rings is 1. The summed E-state index contributed by atoms with van der Waals surface area (Å²) in [5.74, 6) is -2.32. The van der Waals surface area contributed by atoms with Gasteiger partial charge in [0.05, 0.1) is 4.47 Å². The van der Waals surface area contributed by atoms with Gasteiger partial charge in [0.25, 0.3) is 0 Å². The number of nitrogens with zero attached hydrogens (tertiary/aromatic N) is 1. The van der Waals surface area contributed by atoms with E-state index in [1.165, 1.54) is 19.3 Å². The van der Waals surface area contributed by atoms with Crippen LogP contribution in [0.15, 0.2) is 10.5 Å². The maximum Gasteiger partial charge on any atom is 0.201 e. The maximum atomic E-state index is 14.1. The van der Waals surface area contributed by atoms with E-state index >= 15 is 0 Å². The van der Waals surface area contributed by atoms with E-state index in [1.807, 2.05) is 0 Å². The third-order valence-corrected chi connectivity index (χ3v) is 5.70. The van der Waals surface area contributed by atoms with E-state index < -0.39 is 17.4 Å². The van der Waals surface area contributed by atoms with E-state index in [1.54, 1.807) is 6.07 Å². The zero-order chi connectivity index (χ0) is 16.4. The zero-order valence-corrected chi connectivity index (χ0v) is 14.7. The highest BCUT2D eigenvalue weighted by Crippen LogP contribution is 2.43. The van der Waals surface area contributed by atoms with Gasteiger partial charge < -0.3 is 10.4 Å². The standard InChI is InChI=1S/C17H23BrF2N2O/c18-13-10-12(17(23)15(20)14(13)19)16(11-4-2-1-3-5-11)22-8-6-21-7-9-22/h10-11,16,21,23H,1-9H2/t16-/m1/s1. The highest BCUT2D eigenvalue weighted by atomic mass is 79.9. The van der Waals surface area contributed by atoms with Gasteiger partial charge in [-0.1, -0.05) is 19.3 Å². The number of aromatic hydroxyl groups is 1. The van der Waals surface area contributed by atoms with E-state index in [-0.39, 0.29) is 10.5 Å². The molecule has 1 aromatic rings. The molecule has 1 aliphatic carbocycles. The fourth-order valence-electron chi connectivity index (χ4n) is 3.99. The van der Waals surface area contributed by atoms with Crippen molar-refractivity contribution >= 4 is 15.9 Å². The van der Waals surface area contributed by atoms with Crippen molar-refractivity contribution < 1.29 is 13.9 Å². The van der Waals surface area contributed by atoms with Crippen molar-refractivity contribution in [3.05, 3.63) is 27.7 Å². The lowest BCUT2D eigenvalue weighted by molar-refractivity contribution is 0.101. The third kappa shape index (κ3) is 3.54. The quantitative estimate of drug-likeness (QED) is 0.769. The van der Waals surface area contributed by atoms with Gasteiger partial charge in [0, 0.05) is 37.8 Å². The number of rotatable bonds is 3. The summed E-state index contributed by atoms with van der Waals surface area (Å²) >= 11 is 3.09. The van der Waals surface area contributed by atoms with E-state index in [2.05, 4.69) is 26.1 Å². The summed E-state index contributed by atoms with van der Waals surface area (Å²) in [5.41, 5.74) is 0.518. The van der Waals surface area contributed by atoms with Gasteiger partial charge in [-0.25, -0.2) is 4.39 Å². The lowest BCUT2D eigenvalue weighted by Gasteiger charge is -2.41. The van der Waals surface area contributed by atoms with Crippen LogP contribution in [0.4, 0.5) is 8.78 Å². The van der Waals surface area contributed by atoms with Gasteiger partial charge in [0.2, 0.25) is 5.82 Å². The first-order valence-corrected chi connectivity index (χ1v) is 9.20. The molecule has 3 rings (SSSR count). The van der Waals surface area contributed by atoms with Crippen LogP contribution in [0.5, 0.6) is 5.75 Å². The molecular formula is C17H23BrF2N2O. The molecule has 0 radical (unpaired) electrons. The van der Waals surface area contributed by atoms with Crippen LogP contribution in [0.3, 0.4) is 0 Å². The van der Waals surface area contributed by atoms with Crippen molar-refractivity contribution in [2.45, 2.75) is 38.1 Å². The molecule has 2 aliphatic rings. The average Bonchev–Trinajstić information content (AvgIpc) is 2.60. The Balaban J connectivity index is 2.00. The Kier molecular flexibility index (Phi) is 5.54. The summed E-state index contributed by atoms with van der Waals surface area (Å²) in [7, 11) is 0. The van der Waals surface area contributed by atoms with Gasteiger partial charge in [-0.3, -0.25) is 4.90 Å². The molecule has 0 aromatic heterocycles. The van der Waals surface area contributed by atoms with Crippen LogP contribution in [0, 0.1) is 17.6 Å². The van der Waals surface area contributed by atoms with Gasteiger partial charge in [0.15, 0.2) is 11.6 Å². The molecule has 128 valence electrons. The summed E-state index contributed by atoms with van der Waals surface area (Å²) in [6, 6.07) is 1.51. The van der Waals surface area contributed by atoms with E-state index in [4.69, 9.17) is 0 Å². The molecule has 0 unspecified atom stereocenters. The summed E-state index contributed by atoms with van der Waals surface area (Å²) < 4.78 is 27.9. The predicted molar refractivity (Wildman–Crippen MR) is 89.5 cm³/mol. The van der Waals surface area contributed by atoms with Gasteiger partial charge >= 0.3 is 0 Å². The normalized spacial score (nSPS) is 22.2. The second-order valence-corrected chi connectivity index (χ2v) is 7.41. The van der Waals surface area contributed by atoms with Crippen LogP contribution < -0.4 is 5.32 Å². The lowest BCUT2D eigenvalue weighted by Crippen LogP contribution is -2.47. The molecule has 2 fully saturated rings. The molecule has 0 amide bonds. The monoisotopic (exact) mass is 388 g/mol. The second kappa shape index (κ2) is 7.45. The Morgan fingerprint density at radius 2 is 1.78 bits per heavy atom. The Bertz CT molecular complexity index is 540. The number of halogens is 3. The first-order chi connectivity index (χ1) is 11.1. The molecule has 1 aromatic carbocycles. The van der Waals surface area contributed by atoms with Crippen LogP contribution in [-0.2, 0) is 0 Å². The first-order valence-electron chi connectivity index (χ1n) is 8.40. The zero-order valence-electron chi connectivity index (χ0n) is 13.1. The Morgan fingerprint density at radius 1 is 1.13 bits per heavy atom. The molecular weight excluding hydrogens is 366 g/mol. The minimum absolute atomic E-state index is 0.0520. The van der Waals surface area contributed by atoms with Crippen LogP contribution in [0.1, 0.15) is 43.7 Å². The van der Waals surface area contributed by atoms with Crippen LogP contribution >= 0.6 is 15.9 Å². The molecule has 1 saturated heterocycles. The van der Waals surface area contributed by atoms with Crippen molar-refractivity contribution in [2.75, 3.05) is 26.2 Å². The fourth-order valence-corrected chi connectivity index (χ4v) is 4.41. The molecule has 3 nitrogen and oxygen atoms in total. The molecule has 23 heavy (non-hydrogen) atoms. The molecule has 0 spiro atoms. The summed E-state index contributed by atoms with van der Waals surface area (Å²) in [4.78, 5) is 2.31. The molecule has 0 bridgehead atoms. The molecule has 1 heterocycles. The third-order valence-electron chi connectivity index (χ3n) is 5.13. The van der Waals surface area contributed by atoms with Crippen LogP contribution in [0.25, 0.3) is 0 Å². The van der Waals surface area contributed by atoms with E-state index in [9.17, 15) is 13.9 Å². The number of hydrogen-bond donors (Lipinski definition) is 2. The number of nitrogens with one attached hydrogen (secondary N) is 1. The van der Waals surface area contributed by atoms with Crippen molar-refractivity contribution in [3.63, 3.8) is 0 Å². The molecule has 1 atom stereocenters. The minimum Gasteiger partial charge on any atom is -0.505 e. The molecule has 1 saturated carbocycles. The maximum absolute atomic E-state index is 14.1. The number of phenols is 1.